The molecule has 0 aliphatic carbocycles. The van der Waals surface area contributed by atoms with Crippen molar-refractivity contribution in [3.8, 4) is 0 Å². The van der Waals surface area contributed by atoms with E-state index in [2.05, 4.69) is 4.18 Å². The number of rotatable bonds is 6. The molecule has 0 fully saturated rings. The van der Waals surface area contributed by atoms with Crippen LogP contribution in [-0.2, 0) is 19.4 Å². The van der Waals surface area contributed by atoms with Gasteiger partial charge in [-0.15, -0.1) is 0 Å². The maximum Gasteiger partial charge on any atom is 0.398 e. The monoisotopic (exact) mass is 244 g/mol. The number of aliphatic hydroxyl groups is 3. The fourth-order valence-electron chi connectivity index (χ4n) is 0.780. The first-order chi connectivity index (χ1) is 6.69. The summed E-state index contributed by atoms with van der Waals surface area (Å²) in [6.45, 7) is 1.11. The number of aliphatic hydroxyl groups excluding tert-OH is 3. The first kappa shape index (κ1) is 14.4. The largest absolute Gasteiger partial charge is 0.398 e. The van der Waals surface area contributed by atoms with Gasteiger partial charge >= 0.3 is 10.4 Å². The molecule has 0 aliphatic heterocycles. The third-order valence-corrected chi connectivity index (χ3v) is 2.01. The SMILES string of the molecule is C[C@@H](O)[C@@H](O)[C@H](O)[C@@H](C=O)OS(=O)(=O)O. The second-order valence-electron chi connectivity index (χ2n) is 2.85. The molecular weight excluding hydrogens is 232 g/mol. The van der Waals surface area contributed by atoms with Gasteiger partial charge in [0.15, 0.2) is 12.4 Å². The highest BCUT2D eigenvalue weighted by Gasteiger charge is 2.32. The van der Waals surface area contributed by atoms with Crippen LogP contribution < -0.4 is 0 Å². The van der Waals surface area contributed by atoms with Crippen molar-refractivity contribution >= 4 is 16.7 Å². The molecule has 0 rings (SSSR count). The Bertz CT molecular complexity index is 296. The summed E-state index contributed by atoms with van der Waals surface area (Å²) < 4.78 is 32.4. The molecule has 0 amide bonds. The summed E-state index contributed by atoms with van der Waals surface area (Å²) in [5.41, 5.74) is 0. The molecule has 0 aliphatic rings. The van der Waals surface area contributed by atoms with Crippen molar-refractivity contribution in [1.29, 1.82) is 0 Å². The molecule has 90 valence electrons. The molecule has 0 spiro atoms. The van der Waals surface area contributed by atoms with Crippen LogP contribution in [-0.4, -0.2) is 59.0 Å². The Morgan fingerprint density at radius 3 is 1.93 bits per heavy atom. The highest BCUT2D eigenvalue weighted by atomic mass is 32.3. The van der Waals surface area contributed by atoms with Crippen LogP contribution >= 0.6 is 0 Å². The lowest BCUT2D eigenvalue weighted by atomic mass is 10.1. The number of carbonyl (C=O) groups excluding carboxylic acids is 1. The van der Waals surface area contributed by atoms with Crippen LogP contribution in [0.4, 0.5) is 0 Å². The molecule has 0 saturated carbocycles. The van der Waals surface area contributed by atoms with E-state index < -0.39 is 34.8 Å². The minimum atomic E-state index is -4.92. The van der Waals surface area contributed by atoms with Crippen LogP contribution in [0.1, 0.15) is 6.92 Å². The van der Waals surface area contributed by atoms with E-state index in [1.807, 2.05) is 0 Å². The van der Waals surface area contributed by atoms with Crippen LogP contribution in [0.2, 0.25) is 0 Å². The van der Waals surface area contributed by atoms with E-state index in [0.717, 1.165) is 6.92 Å². The Hall–Kier alpha value is -0.580. The number of hydrogen-bond donors (Lipinski definition) is 4. The van der Waals surface area contributed by atoms with Gasteiger partial charge in [-0.25, -0.2) is 4.18 Å². The van der Waals surface area contributed by atoms with Gasteiger partial charge in [0.2, 0.25) is 0 Å². The molecule has 4 N–H and O–H groups in total. The van der Waals surface area contributed by atoms with Crippen molar-refractivity contribution in [2.45, 2.75) is 31.3 Å². The molecule has 15 heavy (non-hydrogen) atoms. The second-order valence-corrected chi connectivity index (χ2v) is 3.89. The smallest absolute Gasteiger partial charge is 0.391 e. The first-order valence-corrected chi connectivity index (χ1v) is 5.20. The standard InChI is InChI=1S/C6H12O8S/c1-3(8)5(9)6(10)4(2-7)14-15(11,12)13/h2-6,8-10H,1H3,(H,11,12,13)/t3-,4-,5-,6-/m1/s1. The molecule has 0 saturated heterocycles. The lowest BCUT2D eigenvalue weighted by Gasteiger charge is -2.23. The summed E-state index contributed by atoms with van der Waals surface area (Å²) in [5, 5.41) is 27.1. The van der Waals surface area contributed by atoms with E-state index >= 15 is 0 Å². The van der Waals surface area contributed by atoms with Crippen molar-refractivity contribution in [3.05, 3.63) is 0 Å². The van der Waals surface area contributed by atoms with Crippen LogP contribution in [0.5, 0.6) is 0 Å². The minimum absolute atomic E-state index is 0.121. The van der Waals surface area contributed by atoms with Gasteiger partial charge in [0, 0.05) is 0 Å². The summed E-state index contributed by atoms with van der Waals surface area (Å²) in [6, 6.07) is 0. The fraction of sp³-hybridized carbons (Fsp3) is 0.833. The quantitative estimate of drug-likeness (QED) is 0.296. The zero-order valence-corrected chi connectivity index (χ0v) is 8.53. The van der Waals surface area contributed by atoms with E-state index in [9.17, 15) is 13.2 Å². The summed E-state index contributed by atoms with van der Waals surface area (Å²) in [5.74, 6) is 0. The zero-order chi connectivity index (χ0) is 12.2. The van der Waals surface area contributed by atoms with E-state index in [1.54, 1.807) is 0 Å². The fourth-order valence-corrected chi connectivity index (χ4v) is 1.22. The van der Waals surface area contributed by atoms with Crippen LogP contribution in [0.3, 0.4) is 0 Å². The molecular formula is C6H12O8S. The zero-order valence-electron chi connectivity index (χ0n) is 7.72. The van der Waals surface area contributed by atoms with Crippen molar-refractivity contribution < 1.29 is 37.3 Å². The summed E-state index contributed by atoms with van der Waals surface area (Å²) in [7, 11) is -4.92. The molecule has 4 atom stereocenters. The van der Waals surface area contributed by atoms with Gasteiger partial charge in [0.05, 0.1) is 6.10 Å². The van der Waals surface area contributed by atoms with Gasteiger partial charge in [0.1, 0.15) is 12.2 Å². The average Bonchev–Trinajstić information content (AvgIpc) is 2.10. The molecule has 9 heteroatoms. The molecule has 0 aromatic heterocycles. The molecule has 0 unspecified atom stereocenters. The number of hydrogen-bond acceptors (Lipinski definition) is 7. The maximum atomic E-state index is 10.3. The highest BCUT2D eigenvalue weighted by molar-refractivity contribution is 7.80. The van der Waals surface area contributed by atoms with Gasteiger partial charge in [-0.05, 0) is 6.92 Å². The Kier molecular flexibility index (Phi) is 5.28. The summed E-state index contributed by atoms with van der Waals surface area (Å²) >= 11 is 0. The van der Waals surface area contributed by atoms with Crippen molar-refractivity contribution in [1.82, 2.24) is 0 Å². The molecule has 0 aromatic carbocycles. The Balaban J connectivity index is 4.61. The highest BCUT2D eigenvalue weighted by Crippen LogP contribution is 2.08. The van der Waals surface area contributed by atoms with E-state index in [4.69, 9.17) is 19.9 Å². The van der Waals surface area contributed by atoms with Gasteiger partial charge in [-0.1, -0.05) is 0 Å². The third-order valence-electron chi connectivity index (χ3n) is 1.55. The predicted molar refractivity (Wildman–Crippen MR) is 46.2 cm³/mol. The molecule has 8 nitrogen and oxygen atoms in total. The Morgan fingerprint density at radius 1 is 1.20 bits per heavy atom. The second kappa shape index (κ2) is 5.49. The maximum absolute atomic E-state index is 10.3. The van der Waals surface area contributed by atoms with Gasteiger partial charge in [-0.2, -0.15) is 8.42 Å². The average molecular weight is 244 g/mol. The van der Waals surface area contributed by atoms with Gasteiger partial charge in [-0.3, -0.25) is 4.55 Å². The van der Waals surface area contributed by atoms with Crippen LogP contribution in [0.25, 0.3) is 0 Å². The van der Waals surface area contributed by atoms with Crippen molar-refractivity contribution in [2.75, 3.05) is 0 Å². The Labute approximate surface area is 86.1 Å². The lowest BCUT2D eigenvalue weighted by molar-refractivity contribution is -0.129. The van der Waals surface area contributed by atoms with E-state index in [1.165, 1.54) is 0 Å². The predicted octanol–water partition coefficient (Wildman–Crippen LogP) is -2.52. The van der Waals surface area contributed by atoms with Gasteiger partial charge < -0.3 is 20.1 Å². The molecule has 0 radical (unpaired) electrons. The summed E-state index contributed by atoms with van der Waals surface area (Å²) in [4.78, 5) is 10.3. The number of carbonyl (C=O) groups is 1. The molecule has 0 bridgehead atoms. The van der Waals surface area contributed by atoms with E-state index in [-0.39, 0.29) is 6.29 Å². The summed E-state index contributed by atoms with van der Waals surface area (Å²) in [6.07, 6.45) is -7.24. The minimum Gasteiger partial charge on any atom is -0.391 e. The first-order valence-electron chi connectivity index (χ1n) is 3.84. The molecule has 0 aromatic rings. The van der Waals surface area contributed by atoms with Crippen molar-refractivity contribution in [2.24, 2.45) is 0 Å². The third kappa shape index (κ3) is 5.16. The Morgan fingerprint density at radius 2 is 1.67 bits per heavy atom. The van der Waals surface area contributed by atoms with Crippen molar-refractivity contribution in [3.63, 3.8) is 0 Å². The van der Waals surface area contributed by atoms with Crippen LogP contribution in [0.15, 0.2) is 0 Å². The van der Waals surface area contributed by atoms with Gasteiger partial charge in [0.25, 0.3) is 0 Å². The normalized spacial score (nSPS) is 20.3. The molecule has 0 heterocycles. The number of aldehydes is 1. The van der Waals surface area contributed by atoms with E-state index in [0.29, 0.717) is 0 Å². The topological polar surface area (TPSA) is 141 Å². The van der Waals surface area contributed by atoms with Crippen LogP contribution in [0, 0.1) is 0 Å². The lowest BCUT2D eigenvalue weighted by Crippen LogP contribution is -2.45.